The van der Waals surface area contributed by atoms with Gasteiger partial charge in [-0.25, -0.2) is 9.37 Å². The van der Waals surface area contributed by atoms with E-state index in [1.54, 1.807) is 32.9 Å². The predicted molar refractivity (Wildman–Crippen MR) is 90.1 cm³/mol. The summed E-state index contributed by atoms with van der Waals surface area (Å²) < 4.78 is 13.7. The van der Waals surface area contributed by atoms with Gasteiger partial charge in [0.15, 0.2) is 11.6 Å². The van der Waals surface area contributed by atoms with E-state index in [-0.39, 0.29) is 17.4 Å². The largest absolute Gasteiger partial charge is 0.340 e. The summed E-state index contributed by atoms with van der Waals surface area (Å²) in [5.41, 5.74) is 3.20. The van der Waals surface area contributed by atoms with Crippen molar-refractivity contribution in [2.75, 3.05) is 0 Å². The first-order chi connectivity index (χ1) is 11.4. The van der Waals surface area contributed by atoms with Crippen molar-refractivity contribution < 1.29 is 14.0 Å². The Balaban J connectivity index is 1.73. The average Bonchev–Trinajstić information content (AvgIpc) is 2.99. The molecule has 0 fully saturated rings. The number of halogens is 1. The van der Waals surface area contributed by atoms with Crippen molar-refractivity contribution in [3.8, 4) is 0 Å². The number of carbonyl (C=O) groups excluding carboxylic acids is 2. The second-order valence-corrected chi connectivity index (χ2v) is 6.18. The number of allylic oxidation sites excluding steroid dienone is 4. The molecule has 0 atom stereocenters. The third kappa shape index (κ3) is 2.70. The zero-order chi connectivity index (χ0) is 17.4. The van der Waals surface area contributed by atoms with Crippen LogP contribution in [-0.4, -0.2) is 21.5 Å². The van der Waals surface area contributed by atoms with Crippen LogP contribution in [0.15, 0.2) is 40.5 Å². The number of H-pyrrole nitrogens is 1. The molecule has 124 valence electrons. The van der Waals surface area contributed by atoms with E-state index in [0.29, 0.717) is 58.4 Å². The minimum absolute atomic E-state index is 0.0414. The molecule has 1 aliphatic carbocycles. The van der Waals surface area contributed by atoms with Gasteiger partial charge in [-0.05, 0) is 45.7 Å². The average molecular weight is 326 g/mol. The number of fused-ring (bicyclic) bond motifs is 1. The van der Waals surface area contributed by atoms with Crippen LogP contribution in [0.3, 0.4) is 0 Å². The molecule has 1 aromatic heterocycles. The fraction of sp³-hybridized carbons (Fsp3) is 0.316. The van der Waals surface area contributed by atoms with Gasteiger partial charge in [-0.15, -0.1) is 0 Å². The number of carbonyl (C=O) groups is 2. The maximum absolute atomic E-state index is 13.7. The van der Waals surface area contributed by atoms with Gasteiger partial charge < -0.3 is 4.98 Å². The van der Waals surface area contributed by atoms with Gasteiger partial charge in [0, 0.05) is 28.7 Å². The lowest BCUT2D eigenvalue weighted by Crippen LogP contribution is -2.20. The summed E-state index contributed by atoms with van der Waals surface area (Å²) in [4.78, 5) is 31.9. The summed E-state index contributed by atoms with van der Waals surface area (Å²) in [6.07, 6.45) is 1.77. The maximum Gasteiger partial charge on any atom is 0.185 e. The number of nitrogens with one attached hydrogen (secondary N) is 1. The van der Waals surface area contributed by atoms with Gasteiger partial charge >= 0.3 is 0 Å². The van der Waals surface area contributed by atoms with Crippen LogP contribution >= 0.6 is 0 Å². The minimum Gasteiger partial charge on any atom is -0.340 e. The number of Topliss-reactive ketones (excluding diaryl/α,β-unsaturated/α-hetero) is 2. The zero-order valence-corrected chi connectivity index (χ0v) is 14.0. The van der Waals surface area contributed by atoms with Crippen molar-refractivity contribution in [3.63, 3.8) is 0 Å². The molecule has 0 saturated heterocycles. The Bertz CT molecular complexity index is 919. The van der Waals surface area contributed by atoms with E-state index in [0.717, 1.165) is 0 Å². The topological polar surface area (TPSA) is 62.8 Å². The molecular weight excluding hydrogens is 307 g/mol. The lowest BCUT2D eigenvalue weighted by atomic mass is 9.84. The van der Waals surface area contributed by atoms with E-state index in [2.05, 4.69) is 9.97 Å². The summed E-state index contributed by atoms with van der Waals surface area (Å²) in [5, 5.41) is 0. The van der Waals surface area contributed by atoms with Gasteiger partial charge in [-0.3, -0.25) is 9.59 Å². The number of hydrogen-bond acceptors (Lipinski definition) is 3. The lowest BCUT2D eigenvalue weighted by molar-refractivity contribution is -0.116. The van der Waals surface area contributed by atoms with E-state index in [1.807, 2.05) is 0 Å². The van der Waals surface area contributed by atoms with Crippen LogP contribution in [-0.2, 0) is 16.0 Å². The van der Waals surface area contributed by atoms with Crippen molar-refractivity contribution >= 4 is 22.6 Å². The summed E-state index contributed by atoms with van der Waals surface area (Å²) in [5.74, 6) is 0.272. The van der Waals surface area contributed by atoms with Crippen LogP contribution in [0, 0.1) is 5.82 Å². The fourth-order valence-corrected chi connectivity index (χ4v) is 3.05. The van der Waals surface area contributed by atoms with E-state index in [9.17, 15) is 14.0 Å². The van der Waals surface area contributed by atoms with E-state index >= 15 is 0 Å². The molecule has 0 spiro atoms. The number of hydrogen-bond donors (Lipinski definition) is 1. The highest BCUT2D eigenvalue weighted by atomic mass is 19.1. The quantitative estimate of drug-likeness (QED) is 0.869. The monoisotopic (exact) mass is 326 g/mol. The van der Waals surface area contributed by atoms with Gasteiger partial charge in [0.05, 0.1) is 5.52 Å². The van der Waals surface area contributed by atoms with Crippen LogP contribution in [0.25, 0.3) is 11.0 Å². The molecule has 0 saturated carbocycles. The van der Waals surface area contributed by atoms with Gasteiger partial charge in [0.25, 0.3) is 0 Å². The molecule has 3 rings (SSSR count). The number of aryl methyl sites for hydroxylation is 1. The number of aromatic nitrogens is 2. The fourth-order valence-electron chi connectivity index (χ4n) is 3.05. The van der Waals surface area contributed by atoms with Crippen LogP contribution in [0.1, 0.15) is 39.4 Å². The smallest absolute Gasteiger partial charge is 0.185 e. The highest BCUT2D eigenvalue weighted by Crippen LogP contribution is 2.27. The first-order valence-electron chi connectivity index (χ1n) is 8.00. The Morgan fingerprint density at radius 1 is 1.00 bits per heavy atom. The van der Waals surface area contributed by atoms with Crippen molar-refractivity contribution in [3.05, 3.63) is 52.1 Å². The molecule has 5 heteroatoms. The summed E-state index contributed by atoms with van der Waals surface area (Å²) in [6, 6.07) is 4.77. The molecule has 24 heavy (non-hydrogen) atoms. The second-order valence-electron chi connectivity index (χ2n) is 6.18. The van der Waals surface area contributed by atoms with Crippen LogP contribution in [0.5, 0.6) is 0 Å². The summed E-state index contributed by atoms with van der Waals surface area (Å²) in [7, 11) is 0. The highest BCUT2D eigenvalue weighted by Gasteiger charge is 2.27. The number of nitrogens with zero attached hydrogens (tertiary/aromatic N) is 1. The van der Waals surface area contributed by atoms with Gasteiger partial charge in [0.1, 0.15) is 17.2 Å². The SMILES string of the molecule is CC1=C(C)C(=O)C(CCCc2nc3cccc(F)c3[nH]2)=C(C)C1=O. The summed E-state index contributed by atoms with van der Waals surface area (Å²) >= 11 is 0. The molecule has 0 unspecified atom stereocenters. The van der Waals surface area contributed by atoms with Crippen LogP contribution in [0.2, 0.25) is 0 Å². The third-order valence-electron chi connectivity index (χ3n) is 4.67. The van der Waals surface area contributed by atoms with E-state index < -0.39 is 0 Å². The number of ketones is 2. The standard InChI is InChI=1S/C19H19FN2O2/c1-10-11(2)19(24)13(12(3)18(10)23)6-4-9-16-21-15-8-5-7-14(20)17(15)22-16/h5,7-8H,4,6,9H2,1-3H3,(H,21,22). The van der Waals surface area contributed by atoms with Crippen molar-refractivity contribution in [1.29, 1.82) is 0 Å². The zero-order valence-electron chi connectivity index (χ0n) is 14.0. The van der Waals surface area contributed by atoms with Gasteiger partial charge in [0.2, 0.25) is 0 Å². The Morgan fingerprint density at radius 3 is 2.42 bits per heavy atom. The molecule has 0 amide bonds. The normalized spacial score (nSPS) is 15.8. The number of imidazole rings is 1. The number of rotatable bonds is 4. The third-order valence-corrected chi connectivity index (χ3v) is 4.67. The van der Waals surface area contributed by atoms with E-state index in [4.69, 9.17) is 0 Å². The maximum atomic E-state index is 13.7. The van der Waals surface area contributed by atoms with Gasteiger partial charge in [-0.1, -0.05) is 6.07 Å². The molecule has 2 aromatic rings. The predicted octanol–water partition coefficient (Wildman–Crippen LogP) is 3.83. The molecule has 1 aromatic carbocycles. The van der Waals surface area contributed by atoms with Crippen molar-refractivity contribution in [2.45, 2.75) is 40.0 Å². The number of aromatic amines is 1. The molecule has 0 bridgehead atoms. The molecule has 4 nitrogen and oxygen atoms in total. The molecule has 1 N–H and O–H groups in total. The summed E-state index contributed by atoms with van der Waals surface area (Å²) in [6.45, 7) is 5.10. The number of para-hydroxylation sites is 1. The van der Waals surface area contributed by atoms with Crippen LogP contribution < -0.4 is 0 Å². The molecule has 1 heterocycles. The van der Waals surface area contributed by atoms with E-state index in [1.165, 1.54) is 6.07 Å². The first kappa shape index (κ1) is 16.3. The molecular formula is C19H19FN2O2. The van der Waals surface area contributed by atoms with Crippen LogP contribution in [0.4, 0.5) is 4.39 Å². The highest BCUT2D eigenvalue weighted by molar-refractivity contribution is 6.24. The molecule has 1 aliphatic rings. The number of benzene rings is 1. The first-order valence-corrected chi connectivity index (χ1v) is 8.00. The Labute approximate surface area is 139 Å². The Kier molecular flexibility index (Phi) is 4.18. The van der Waals surface area contributed by atoms with Crippen molar-refractivity contribution in [2.24, 2.45) is 0 Å². The van der Waals surface area contributed by atoms with Crippen molar-refractivity contribution in [1.82, 2.24) is 9.97 Å². The molecule has 0 radical (unpaired) electrons. The minimum atomic E-state index is -0.325. The molecule has 0 aliphatic heterocycles. The Morgan fingerprint density at radius 2 is 1.71 bits per heavy atom. The second kappa shape index (κ2) is 6.15. The van der Waals surface area contributed by atoms with Gasteiger partial charge in [-0.2, -0.15) is 0 Å². The lowest BCUT2D eigenvalue weighted by Gasteiger charge is -2.18. The Hall–Kier alpha value is -2.56.